The Morgan fingerprint density at radius 2 is 2.04 bits per heavy atom. The highest BCUT2D eigenvalue weighted by molar-refractivity contribution is 7.19. The second kappa shape index (κ2) is 5.61. The van der Waals surface area contributed by atoms with E-state index in [1.807, 2.05) is 19.1 Å². The van der Waals surface area contributed by atoms with Gasteiger partial charge in [0.25, 0.3) is 0 Å². The van der Waals surface area contributed by atoms with Crippen LogP contribution in [0.15, 0.2) is 46.8 Å². The number of rotatable bonds is 1. The molecule has 0 bridgehead atoms. The van der Waals surface area contributed by atoms with Crippen LogP contribution in [-0.4, -0.2) is 5.78 Å². The van der Waals surface area contributed by atoms with Crippen molar-refractivity contribution in [1.82, 2.24) is 5.32 Å². The topological polar surface area (TPSA) is 52.9 Å². The number of nitrogens with zero attached hydrogens (tertiary/aromatic N) is 1. The van der Waals surface area contributed by atoms with Crippen LogP contribution in [-0.2, 0) is 4.79 Å². The van der Waals surface area contributed by atoms with Crippen molar-refractivity contribution in [1.29, 1.82) is 5.26 Å². The van der Waals surface area contributed by atoms with E-state index in [1.165, 1.54) is 15.6 Å². The number of aryl methyl sites for hydroxylation is 1. The fraction of sp³-hybridized carbons (Fsp3) is 0.300. The minimum absolute atomic E-state index is 0.186. The van der Waals surface area contributed by atoms with Gasteiger partial charge < -0.3 is 5.32 Å². The third-order valence-electron chi connectivity index (χ3n) is 5.04. The monoisotopic (exact) mass is 334 g/mol. The molecule has 0 amide bonds. The summed E-state index contributed by atoms with van der Waals surface area (Å²) in [7, 11) is 0. The van der Waals surface area contributed by atoms with E-state index >= 15 is 0 Å². The molecule has 3 nitrogen and oxygen atoms in total. The molecule has 0 saturated heterocycles. The molecule has 1 aromatic carbocycles. The van der Waals surface area contributed by atoms with Gasteiger partial charge in [-0.05, 0) is 43.7 Å². The number of dihydropyridines is 1. The van der Waals surface area contributed by atoms with E-state index in [0.717, 1.165) is 34.7 Å². The van der Waals surface area contributed by atoms with Gasteiger partial charge in [0.2, 0.25) is 0 Å². The van der Waals surface area contributed by atoms with Gasteiger partial charge in [-0.25, -0.2) is 0 Å². The van der Waals surface area contributed by atoms with Gasteiger partial charge in [0, 0.05) is 33.0 Å². The van der Waals surface area contributed by atoms with Crippen LogP contribution < -0.4 is 5.32 Å². The number of hydrogen-bond acceptors (Lipinski definition) is 4. The number of fused-ring (bicyclic) bond motifs is 1. The van der Waals surface area contributed by atoms with E-state index in [2.05, 4.69) is 30.4 Å². The lowest BCUT2D eigenvalue weighted by Gasteiger charge is -2.32. The predicted molar refractivity (Wildman–Crippen MR) is 96.6 cm³/mol. The van der Waals surface area contributed by atoms with Gasteiger partial charge >= 0.3 is 0 Å². The Labute approximate surface area is 145 Å². The molecule has 2 heterocycles. The number of carbonyl (C=O) groups is 1. The van der Waals surface area contributed by atoms with Crippen molar-refractivity contribution in [3.63, 3.8) is 0 Å². The Balaban J connectivity index is 1.99. The summed E-state index contributed by atoms with van der Waals surface area (Å²) in [6, 6.07) is 10.7. The Bertz CT molecular complexity index is 971. The van der Waals surface area contributed by atoms with Crippen molar-refractivity contribution >= 4 is 27.2 Å². The summed E-state index contributed by atoms with van der Waals surface area (Å²) in [5, 5.41) is 14.3. The fourth-order valence-corrected chi connectivity index (χ4v) is 5.19. The highest BCUT2D eigenvalue weighted by atomic mass is 32.1. The first-order chi connectivity index (χ1) is 11.6. The van der Waals surface area contributed by atoms with Crippen molar-refractivity contribution in [3.05, 3.63) is 57.2 Å². The Hall–Kier alpha value is -2.38. The smallest absolute Gasteiger partial charge is 0.161 e. The predicted octanol–water partition coefficient (Wildman–Crippen LogP) is 4.70. The third kappa shape index (κ3) is 2.12. The molecule has 120 valence electrons. The maximum atomic E-state index is 12.7. The van der Waals surface area contributed by atoms with Crippen LogP contribution in [0.5, 0.6) is 0 Å². The number of allylic oxidation sites excluding steroid dienone is 4. The number of nitrogens with one attached hydrogen (secondary N) is 1. The zero-order chi connectivity index (χ0) is 16.8. The van der Waals surface area contributed by atoms with Crippen molar-refractivity contribution in [2.75, 3.05) is 0 Å². The maximum Gasteiger partial charge on any atom is 0.161 e. The molecule has 4 heteroatoms. The number of ketones is 1. The minimum Gasteiger partial charge on any atom is -0.361 e. The molecule has 1 N–H and O–H groups in total. The first-order valence-electron chi connectivity index (χ1n) is 8.24. The molecule has 0 saturated carbocycles. The van der Waals surface area contributed by atoms with Gasteiger partial charge in [0.15, 0.2) is 5.78 Å². The highest BCUT2D eigenvalue weighted by Crippen LogP contribution is 2.47. The van der Waals surface area contributed by atoms with E-state index in [1.54, 1.807) is 11.3 Å². The number of thiophene rings is 1. The standard InChI is InChI=1S/C20H18N2OS/c1-11-13-6-3-4-9-17(13)24-20(11)18-14(10-21)12(2)22-15-7-5-8-16(23)19(15)18/h3-4,6,9,18,22H,5,7-8H2,1-2H3/t18-/m1/s1. The van der Waals surface area contributed by atoms with Gasteiger partial charge in [0.1, 0.15) is 0 Å². The average molecular weight is 334 g/mol. The van der Waals surface area contributed by atoms with Gasteiger partial charge in [-0.15, -0.1) is 11.3 Å². The molecule has 2 aliphatic rings. The highest BCUT2D eigenvalue weighted by Gasteiger charge is 2.37. The molecule has 1 aliphatic heterocycles. The van der Waals surface area contributed by atoms with Crippen LogP contribution in [0.4, 0.5) is 0 Å². The minimum atomic E-state index is -0.212. The van der Waals surface area contributed by atoms with Gasteiger partial charge in [0.05, 0.1) is 17.6 Å². The quantitative estimate of drug-likeness (QED) is 0.822. The number of hydrogen-bond donors (Lipinski definition) is 1. The zero-order valence-electron chi connectivity index (χ0n) is 13.8. The van der Waals surface area contributed by atoms with Crippen LogP contribution in [0.3, 0.4) is 0 Å². The normalized spacial score (nSPS) is 20.9. The molecular formula is C20H18N2OS. The number of nitriles is 1. The van der Waals surface area contributed by atoms with E-state index in [-0.39, 0.29) is 11.7 Å². The Morgan fingerprint density at radius 1 is 1.25 bits per heavy atom. The second-order valence-corrected chi connectivity index (χ2v) is 7.55. The molecule has 1 atom stereocenters. The van der Waals surface area contributed by atoms with Crippen LogP contribution in [0.25, 0.3) is 10.1 Å². The Kier molecular flexibility index (Phi) is 3.54. The second-order valence-electron chi connectivity index (χ2n) is 6.46. The zero-order valence-corrected chi connectivity index (χ0v) is 14.6. The number of benzene rings is 1. The first kappa shape index (κ1) is 15.2. The molecule has 0 unspecified atom stereocenters. The van der Waals surface area contributed by atoms with Crippen LogP contribution in [0.1, 0.15) is 42.5 Å². The van der Waals surface area contributed by atoms with Crippen molar-refractivity contribution < 1.29 is 4.79 Å². The SMILES string of the molecule is CC1=C(C#N)[C@@H](c2sc3ccccc3c2C)C2=C(CCCC2=O)N1. The first-order valence-corrected chi connectivity index (χ1v) is 9.05. The van der Waals surface area contributed by atoms with E-state index in [0.29, 0.717) is 12.0 Å². The molecule has 1 aliphatic carbocycles. The summed E-state index contributed by atoms with van der Waals surface area (Å²) in [4.78, 5) is 13.8. The average Bonchev–Trinajstić information content (AvgIpc) is 2.91. The maximum absolute atomic E-state index is 12.7. The van der Waals surface area contributed by atoms with Crippen LogP contribution in [0, 0.1) is 18.3 Å². The molecule has 2 aromatic rings. The molecule has 0 fully saturated rings. The summed E-state index contributed by atoms with van der Waals surface area (Å²) < 4.78 is 1.21. The molecule has 1 aromatic heterocycles. The lowest BCUT2D eigenvalue weighted by Crippen LogP contribution is -2.31. The van der Waals surface area contributed by atoms with Crippen LogP contribution >= 0.6 is 11.3 Å². The lowest BCUT2D eigenvalue weighted by molar-refractivity contribution is -0.116. The van der Waals surface area contributed by atoms with Crippen molar-refractivity contribution in [3.8, 4) is 6.07 Å². The van der Waals surface area contributed by atoms with Crippen molar-refractivity contribution in [2.24, 2.45) is 0 Å². The van der Waals surface area contributed by atoms with Gasteiger partial charge in [-0.3, -0.25) is 4.79 Å². The number of Topliss-reactive ketones (excluding diaryl/α,β-unsaturated/α-hetero) is 1. The molecule has 0 radical (unpaired) electrons. The summed E-state index contributed by atoms with van der Waals surface area (Å²) in [6.45, 7) is 4.05. The molecule has 0 spiro atoms. The fourth-order valence-electron chi connectivity index (χ4n) is 3.86. The Morgan fingerprint density at radius 3 is 2.79 bits per heavy atom. The van der Waals surface area contributed by atoms with E-state index < -0.39 is 0 Å². The molecule has 24 heavy (non-hydrogen) atoms. The summed E-state index contributed by atoms with van der Waals surface area (Å²) in [5.41, 5.74) is 4.59. The van der Waals surface area contributed by atoms with Gasteiger partial charge in [-0.1, -0.05) is 18.2 Å². The largest absolute Gasteiger partial charge is 0.361 e. The van der Waals surface area contributed by atoms with E-state index in [4.69, 9.17) is 0 Å². The van der Waals surface area contributed by atoms with Crippen LogP contribution in [0.2, 0.25) is 0 Å². The van der Waals surface area contributed by atoms with E-state index in [9.17, 15) is 10.1 Å². The molecular weight excluding hydrogens is 316 g/mol. The van der Waals surface area contributed by atoms with Crippen molar-refractivity contribution in [2.45, 2.75) is 39.0 Å². The lowest BCUT2D eigenvalue weighted by atomic mass is 9.77. The molecule has 4 rings (SSSR count). The summed E-state index contributed by atoms with van der Waals surface area (Å²) in [6.07, 6.45) is 2.36. The summed E-state index contributed by atoms with van der Waals surface area (Å²) in [5.74, 6) is -0.0256. The van der Waals surface area contributed by atoms with Gasteiger partial charge in [-0.2, -0.15) is 5.26 Å². The summed E-state index contributed by atoms with van der Waals surface area (Å²) >= 11 is 1.71. The number of carbonyl (C=O) groups excluding carboxylic acids is 1. The third-order valence-corrected chi connectivity index (χ3v) is 6.38.